The molecule has 2 fully saturated rings. The monoisotopic (exact) mass is 396 g/mol. The lowest BCUT2D eigenvalue weighted by Crippen LogP contribution is -2.41. The van der Waals surface area contributed by atoms with Crippen molar-refractivity contribution in [2.75, 3.05) is 31.6 Å². The summed E-state index contributed by atoms with van der Waals surface area (Å²) >= 11 is 0. The Morgan fingerprint density at radius 2 is 2.31 bits per heavy atom. The van der Waals surface area contributed by atoms with Gasteiger partial charge in [0.25, 0.3) is 0 Å². The molecule has 1 amide bonds. The zero-order valence-electron chi connectivity index (χ0n) is 16.3. The predicted octanol–water partition coefficient (Wildman–Crippen LogP) is 1.45. The van der Waals surface area contributed by atoms with E-state index in [0.717, 1.165) is 42.7 Å². The van der Waals surface area contributed by atoms with Crippen molar-refractivity contribution in [3.8, 4) is 17.0 Å². The van der Waals surface area contributed by atoms with E-state index < -0.39 is 0 Å². The summed E-state index contributed by atoms with van der Waals surface area (Å²) in [5.74, 6) is 1.48. The Kier molecular flexibility index (Phi) is 4.69. The highest BCUT2D eigenvalue weighted by molar-refractivity contribution is 5.93. The van der Waals surface area contributed by atoms with Gasteiger partial charge in [-0.1, -0.05) is 0 Å². The van der Waals surface area contributed by atoms with Crippen molar-refractivity contribution in [3.63, 3.8) is 0 Å². The largest absolute Gasteiger partial charge is 0.487 e. The summed E-state index contributed by atoms with van der Waals surface area (Å²) in [5, 5.41) is 15.0. The van der Waals surface area contributed by atoms with E-state index in [1.807, 2.05) is 31.4 Å². The summed E-state index contributed by atoms with van der Waals surface area (Å²) < 4.78 is 15.3. The fourth-order valence-corrected chi connectivity index (χ4v) is 3.54. The lowest BCUT2D eigenvalue weighted by molar-refractivity contribution is -0.117. The molecular formula is C20H24N6O3. The van der Waals surface area contributed by atoms with Crippen molar-refractivity contribution in [1.82, 2.24) is 24.7 Å². The summed E-state index contributed by atoms with van der Waals surface area (Å²) in [5.41, 5.74) is 2.75. The Balaban J connectivity index is 1.36. The summed E-state index contributed by atoms with van der Waals surface area (Å²) in [7, 11) is 1.89. The third-order valence-corrected chi connectivity index (χ3v) is 5.27. The highest BCUT2D eigenvalue weighted by Gasteiger charge is 2.30. The molecular weight excluding hydrogens is 372 g/mol. The summed E-state index contributed by atoms with van der Waals surface area (Å²) in [6, 6.07) is 5.86. The molecule has 29 heavy (non-hydrogen) atoms. The Morgan fingerprint density at radius 1 is 1.41 bits per heavy atom. The van der Waals surface area contributed by atoms with Gasteiger partial charge in [0.1, 0.15) is 18.4 Å². The molecule has 1 unspecified atom stereocenters. The molecule has 2 aliphatic rings. The van der Waals surface area contributed by atoms with Crippen LogP contribution in [0.3, 0.4) is 0 Å². The number of carbonyl (C=O) groups is 1. The summed E-state index contributed by atoms with van der Waals surface area (Å²) in [6.07, 6.45) is 5.57. The normalized spacial score (nSPS) is 19.4. The van der Waals surface area contributed by atoms with Gasteiger partial charge in [-0.15, -0.1) is 0 Å². The first-order valence-electron chi connectivity index (χ1n) is 9.95. The van der Waals surface area contributed by atoms with Gasteiger partial charge in [0.15, 0.2) is 11.6 Å². The van der Waals surface area contributed by atoms with E-state index in [-0.39, 0.29) is 17.9 Å². The van der Waals surface area contributed by atoms with Gasteiger partial charge in [0, 0.05) is 43.9 Å². The number of fused-ring (bicyclic) bond motifs is 1. The van der Waals surface area contributed by atoms with Gasteiger partial charge in [0.2, 0.25) is 5.91 Å². The molecule has 0 spiro atoms. The van der Waals surface area contributed by atoms with Gasteiger partial charge in [-0.2, -0.15) is 10.2 Å². The zero-order valence-corrected chi connectivity index (χ0v) is 16.3. The van der Waals surface area contributed by atoms with Crippen LogP contribution in [0.15, 0.2) is 30.6 Å². The first-order chi connectivity index (χ1) is 14.2. The second kappa shape index (κ2) is 7.49. The highest BCUT2D eigenvalue weighted by Crippen LogP contribution is 2.32. The van der Waals surface area contributed by atoms with Crippen LogP contribution in [-0.2, 0) is 16.6 Å². The number of hydrogen-bond acceptors (Lipinski definition) is 6. The number of anilines is 1. The first kappa shape index (κ1) is 18.1. The molecule has 3 aromatic rings. The van der Waals surface area contributed by atoms with Crippen LogP contribution >= 0.6 is 0 Å². The minimum atomic E-state index is 0.0340. The lowest BCUT2D eigenvalue weighted by Gasteiger charge is -2.23. The van der Waals surface area contributed by atoms with Gasteiger partial charge in [-0.25, -0.2) is 4.52 Å². The fourth-order valence-electron chi connectivity index (χ4n) is 3.54. The van der Waals surface area contributed by atoms with Crippen molar-refractivity contribution < 1.29 is 14.3 Å². The van der Waals surface area contributed by atoms with Gasteiger partial charge in [-0.3, -0.25) is 9.48 Å². The average Bonchev–Trinajstić information content (AvgIpc) is 3.42. The number of morpholine rings is 1. The minimum absolute atomic E-state index is 0.0340. The van der Waals surface area contributed by atoms with Gasteiger partial charge < -0.3 is 20.1 Å². The van der Waals surface area contributed by atoms with Gasteiger partial charge >= 0.3 is 0 Å². The molecule has 1 aliphatic heterocycles. The van der Waals surface area contributed by atoms with Crippen LogP contribution in [0.1, 0.15) is 12.8 Å². The van der Waals surface area contributed by atoms with Crippen molar-refractivity contribution in [1.29, 1.82) is 0 Å². The van der Waals surface area contributed by atoms with Crippen LogP contribution in [0.2, 0.25) is 0 Å². The molecule has 2 N–H and O–H groups in total. The van der Waals surface area contributed by atoms with Crippen LogP contribution in [0.5, 0.6) is 5.75 Å². The molecule has 0 aromatic carbocycles. The number of rotatable bonds is 6. The number of nitrogens with zero attached hydrogens (tertiary/aromatic N) is 4. The highest BCUT2D eigenvalue weighted by atomic mass is 16.5. The topological polar surface area (TPSA) is 94.7 Å². The number of pyridine rings is 1. The molecule has 1 saturated heterocycles. The second-order valence-electron chi connectivity index (χ2n) is 7.57. The van der Waals surface area contributed by atoms with Crippen molar-refractivity contribution in [2.24, 2.45) is 13.0 Å². The number of hydrogen-bond donors (Lipinski definition) is 2. The first-order valence-corrected chi connectivity index (χ1v) is 9.95. The number of ether oxygens (including phenoxy) is 2. The van der Waals surface area contributed by atoms with Crippen LogP contribution in [0, 0.1) is 5.92 Å². The minimum Gasteiger partial charge on any atom is -0.487 e. The molecule has 152 valence electrons. The van der Waals surface area contributed by atoms with Gasteiger partial charge in [-0.05, 0) is 25.0 Å². The Morgan fingerprint density at radius 3 is 3.10 bits per heavy atom. The molecule has 1 atom stereocenters. The van der Waals surface area contributed by atoms with E-state index in [1.165, 1.54) is 0 Å². The van der Waals surface area contributed by atoms with Crippen molar-refractivity contribution in [3.05, 3.63) is 30.6 Å². The number of carbonyl (C=O) groups excluding carboxylic acids is 1. The zero-order chi connectivity index (χ0) is 19.8. The molecule has 9 heteroatoms. The van der Waals surface area contributed by atoms with Crippen LogP contribution in [0.4, 0.5) is 5.82 Å². The molecule has 0 radical (unpaired) electrons. The van der Waals surface area contributed by atoms with Crippen molar-refractivity contribution >= 4 is 17.2 Å². The maximum Gasteiger partial charge on any atom is 0.228 e. The van der Waals surface area contributed by atoms with E-state index in [4.69, 9.17) is 9.47 Å². The third kappa shape index (κ3) is 3.83. The molecule has 1 aliphatic carbocycles. The third-order valence-electron chi connectivity index (χ3n) is 5.27. The molecule has 5 rings (SSSR count). The molecule has 9 nitrogen and oxygen atoms in total. The molecule has 4 heterocycles. The van der Waals surface area contributed by atoms with E-state index >= 15 is 0 Å². The second-order valence-corrected chi connectivity index (χ2v) is 7.57. The molecule has 0 bridgehead atoms. The molecule has 3 aromatic heterocycles. The van der Waals surface area contributed by atoms with Crippen LogP contribution < -0.4 is 15.4 Å². The fraction of sp³-hybridized carbons (Fsp3) is 0.450. The van der Waals surface area contributed by atoms with E-state index in [1.54, 1.807) is 15.4 Å². The number of nitrogens with one attached hydrogen (secondary N) is 2. The number of amides is 1. The smallest absolute Gasteiger partial charge is 0.228 e. The maximum atomic E-state index is 12.0. The van der Waals surface area contributed by atoms with E-state index in [2.05, 4.69) is 20.8 Å². The van der Waals surface area contributed by atoms with Crippen molar-refractivity contribution in [2.45, 2.75) is 18.9 Å². The SMILES string of the molecule is Cn1ncc(OCC2CNCCO2)c1-c1ccn2nc(NC(=O)C3CC3)cc2c1. The predicted molar refractivity (Wildman–Crippen MR) is 107 cm³/mol. The Bertz CT molecular complexity index is 1030. The average molecular weight is 396 g/mol. The number of aryl methyl sites for hydroxylation is 1. The van der Waals surface area contributed by atoms with E-state index in [0.29, 0.717) is 24.8 Å². The van der Waals surface area contributed by atoms with Crippen LogP contribution in [0.25, 0.3) is 16.8 Å². The van der Waals surface area contributed by atoms with Crippen LogP contribution in [-0.4, -0.2) is 57.7 Å². The maximum absolute atomic E-state index is 12.0. The molecule has 1 saturated carbocycles. The Labute approximate surface area is 168 Å². The number of aromatic nitrogens is 4. The Hall–Kier alpha value is -2.91. The van der Waals surface area contributed by atoms with E-state index in [9.17, 15) is 4.79 Å². The summed E-state index contributed by atoms with van der Waals surface area (Å²) in [4.78, 5) is 12.0. The summed E-state index contributed by atoms with van der Waals surface area (Å²) in [6.45, 7) is 2.83. The standard InChI is InChI=1S/C20H24N6O3/c1-25-19(17(11-22-25)29-12-16-10-21-5-7-28-16)14-4-6-26-15(8-14)9-18(24-26)23-20(27)13-2-3-13/h4,6,8-9,11,13,16,21H,2-3,5,7,10,12H2,1H3,(H,23,24,27). The quantitative estimate of drug-likeness (QED) is 0.655. The van der Waals surface area contributed by atoms with Gasteiger partial charge in [0.05, 0.1) is 18.3 Å². The lowest BCUT2D eigenvalue weighted by atomic mass is 10.1.